The fraction of sp³-hybridized carbons (Fsp3) is 0.625. The van der Waals surface area contributed by atoms with Crippen LogP contribution in [0.2, 0.25) is 5.02 Å². The number of ether oxygens (including phenoxy) is 1. The summed E-state index contributed by atoms with van der Waals surface area (Å²) >= 11 is 6.20. The highest BCUT2D eigenvalue weighted by Gasteiger charge is 2.20. The summed E-state index contributed by atoms with van der Waals surface area (Å²) in [5.74, 6) is 0. The normalized spacial score (nSPS) is 19.4. The lowest BCUT2D eigenvalue weighted by Crippen LogP contribution is -2.38. The lowest BCUT2D eigenvalue weighted by atomic mass is 10.0. The van der Waals surface area contributed by atoms with E-state index in [4.69, 9.17) is 16.3 Å². The van der Waals surface area contributed by atoms with E-state index in [0.29, 0.717) is 6.04 Å². The molecule has 1 fully saturated rings. The molecule has 2 rings (SSSR count). The topological polar surface area (TPSA) is 24.5 Å². The van der Waals surface area contributed by atoms with Gasteiger partial charge in [-0.15, -0.1) is 0 Å². The molecule has 112 valence electrons. The first-order valence-corrected chi connectivity index (χ1v) is 7.85. The van der Waals surface area contributed by atoms with Gasteiger partial charge in [0.25, 0.3) is 0 Å². The summed E-state index contributed by atoms with van der Waals surface area (Å²) in [4.78, 5) is 2.50. The summed E-state index contributed by atoms with van der Waals surface area (Å²) in [6.45, 7) is 5.91. The van der Waals surface area contributed by atoms with Crippen LogP contribution in [0, 0.1) is 0 Å². The Kier molecular flexibility index (Phi) is 6.14. The summed E-state index contributed by atoms with van der Waals surface area (Å²) in [5.41, 5.74) is 2.61. The maximum atomic E-state index is 6.20. The van der Waals surface area contributed by atoms with Gasteiger partial charge in [0.1, 0.15) is 0 Å². The molecule has 1 unspecified atom stereocenters. The number of benzene rings is 1. The number of halogens is 1. The predicted octanol–water partition coefficient (Wildman–Crippen LogP) is 3.45. The van der Waals surface area contributed by atoms with Crippen molar-refractivity contribution in [1.29, 1.82) is 0 Å². The number of piperidine rings is 1. The van der Waals surface area contributed by atoms with E-state index in [0.717, 1.165) is 31.3 Å². The summed E-state index contributed by atoms with van der Waals surface area (Å²) in [5, 5.41) is 4.24. The molecule has 0 aromatic heterocycles. The van der Waals surface area contributed by atoms with Gasteiger partial charge in [0.15, 0.2) is 0 Å². The molecule has 1 heterocycles. The van der Waals surface area contributed by atoms with Gasteiger partial charge in [-0.25, -0.2) is 0 Å². The molecule has 1 N–H and O–H groups in total. The predicted molar refractivity (Wildman–Crippen MR) is 85.7 cm³/mol. The van der Waals surface area contributed by atoms with Crippen molar-refractivity contribution in [2.75, 3.05) is 31.7 Å². The van der Waals surface area contributed by atoms with Gasteiger partial charge in [-0.2, -0.15) is 0 Å². The van der Waals surface area contributed by atoms with Crippen molar-refractivity contribution in [3.63, 3.8) is 0 Å². The van der Waals surface area contributed by atoms with Crippen LogP contribution in [0.25, 0.3) is 0 Å². The van der Waals surface area contributed by atoms with Crippen LogP contribution in [0.1, 0.15) is 31.7 Å². The van der Waals surface area contributed by atoms with E-state index in [1.807, 2.05) is 6.07 Å². The minimum Gasteiger partial charge on any atom is -0.383 e. The summed E-state index contributed by atoms with van der Waals surface area (Å²) in [7, 11) is 1.73. The summed E-state index contributed by atoms with van der Waals surface area (Å²) in [6.07, 6.45) is 3.87. The molecule has 1 atom stereocenters. The van der Waals surface area contributed by atoms with E-state index < -0.39 is 0 Å². The second kappa shape index (κ2) is 7.87. The second-order valence-corrected chi connectivity index (χ2v) is 5.92. The van der Waals surface area contributed by atoms with Gasteiger partial charge >= 0.3 is 0 Å². The molecule has 1 aromatic carbocycles. The Labute approximate surface area is 127 Å². The molecule has 1 aliphatic heterocycles. The quantitative estimate of drug-likeness (QED) is 0.814. The van der Waals surface area contributed by atoms with E-state index >= 15 is 0 Å². The zero-order valence-electron chi connectivity index (χ0n) is 12.5. The van der Waals surface area contributed by atoms with Crippen LogP contribution in [0.3, 0.4) is 0 Å². The Balaban J connectivity index is 2.10. The smallest absolute Gasteiger partial charge is 0.0587 e. The molecule has 0 aliphatic carbocycles. The van der Waals surface area contributed by atoms with Crippen LogP contribution in [0.4, 0.5) is 5.69 Å². The maximum Gasteiger partial charge on any atom is 0.0587 e. The van der Waals surface area contributed by atoms with Gasteiger partial charge in [0.2, 0.25) is 0 Å². The molecule has 1 aliphatic rings. The third kappa shape index (κ3) is 4.11. The molecule has 0 spiro atoms. The average Bonchev–Trinajstić information content (AvgIpc) is 2.45. The molecule has 0 bridgehead atoms. The van der Waals surface area contributed by atoms with Crippen LogP contribution in [-0.4, -0.2) is 32.8 Å². The van der Waals surface area contributed by atoms with Crippen molar-refractivity contribution in [2.24, 2.45) is 0 Å². The van der Waals surface area contributed by atoms with E-state index in [-0.39, 0.29) is 0 Å². The minimum absolute atomic E-state index is 0.597. The van der Waals surface area contributed by atoms with Crippen LogP contribution in [0.15, 0.2) is 18.2 Å². The molecule has 0 amide bonds. The first kappa shape index (κ1) is 15.6. The lowest BCUT2D eigenvalue weighted by molar-refractivity contribution is 0.199. The van der Waals surface area contributed by atoms with Crippen molar-refractivity contribution in [3.8, 4) is 0 Å². The molecular formula is C16H25ClN2O. The van der Waals surface area contributed by atoms with Crippen LogP contribution < -0.4 is 10.2 Å². The highest BCUT2D eigenvalue weighted by atomic mass is 35.5. The molecule has 1 saturated heterocycles. The second-order valence-electron chi connectivity index (χ2n) is 5.48. The van der Waals surface area contributed by atoms with E-state index in [1.54, 1.807) is 7.11 Å². The number of anilines is 1. The summed E-state index contributed by atoms with van der Waals surface area (Å²) < 4.78 is 5.07. The van der Waals surface area contributed by atoms with Gasteiger partial charge in [0, 0.05) is 43.5 Å². The van der Waals surface area contributed by atoms with Crippen molar-refractivity contribution in [3.05, 3.63) is 28.8 Å². The fourth-order valence-electron chi connectivity index (χ4n) is 2.81. The van der Waals surface area contributed by atoms with Crippen molar-refractivity contribution in [2.45, 2.75) is 38.8 Å². The number of nitrogens with one attached hydrogen (secondary N) is 1. The van der Waals surface area contributed by atoms with Crippen LogP contribution >= 0.6 is 11.6 Å². The average molecular weight is 297 g/mol. The maximum absolute atomic E-state index is 6.20. The van der Waals surface area contributed by atoms with Gasteiger partial charge in [0.05, 0.1) is 6.61 Å². The zero-order valence-corrected chi connectivity index (χ0v) is 13.2. The first-order valence-electron chi connectivity index (χ1n) is 7.47. The number of hydrogen-bond donors (Lipinski definition) is 1. The third-order valence-corrected chi connectivity index (χ3v) is 4.19. The van der Waals surface area contributed by atoms with Gasteiger partial charge in [-0.05, 0) is 43.9 Å². The third-order valence-electron chi connectivity index (χ3n) is 3.96. The SMILES string of the molecule is COCCNCc1ccc(Cl)cc1N1CCCCC1C. The van der Waals surface area contributed by atoms with Gasteiger partial charge in [-0.3, -0.25) is 0 Å². The Morgan fingerprint density at radius 1 is 1.40 bits per heavy atom. The Hall–Kier alpha value is -0.770. The van der Waals surface area contributed by atoms with E-state index in [9.17, 15) is 0 Å². The zero-order chi connectivity index (χ0) is 14.4. The van der Waals surface area contributed by atoms with Crippen molar-refractivity contribution >= 4 is 17.3 Å². The number of nitrogens with zero attached hydrogens (tertiary/aromatic N) is 1. The number of hydrogen-bond acceptors (Lipinski definition) is 3. The lowest BCUT2D eigenvalue weighted by Gasteiger charge is -2.37. The number of methoxy groups -OCH3 is 1. The van der Waals surface area contributed by atoms with E-state index in [1.165, 1.54) is 30.5 Å². The van der Waals surface area contributed by atoms with Gasteiger partial charge in [-0.1, -0.05) is 17.7 Å². The molecule has 0 radical (unpaired) electrons. The Morgan fingerprint density at radius 3 is 3.00 bits per heavy atom. The molecule has 0 saturated carbocycles. The molecule has 3 nitrogen and oxygen atoms in total. The minimum atomic E-state index is 0.597. The van der Waals surface area contributed by atoms with Crippen LogP contribution in [0.5, 0.6) is 0 Å². The molecule has 4 heteroatoms. The number of rotatable bonds is 6. The highest BCUT2D eigenvalue weighted by molar-refractivity contribution is 6.30. The summed E-state index contributed by atoms with van der Waals surface area (Å²) in [6, 6.07) is 6.82. The van der Waals surface area contributed by atoms with Crippen molar-refractivity contribution < 1.29 is 4.74 Å². The molecule has 20 heavy (non-hydrogen) atoms. The Bertz CT molecular complexity index is 425. The van der Waals surface area contributed by atoms with Crippen molar-refractivity contribution in [1.82, 2.24) is 5.32 Å². The highest BCUT2D eigenvalue weighted by Crippen LogP contribution is 2.30. The molecule has 1 aromatic rings. The van der Waals surface area contributed by atoms with Gasteiger partial charge < -0.3 is 15.0 Å². The standard InChI is InChI=1S/C16H25ClN2O/c1-13-5-3-4-9-19(13)16-11-15(17)7-6-14(16)12-18-8-10-20-2/h6-7,11,13,18H,3-5,8-10,12H2,1-2H3. The molecular weight excluding hydrogens is 272 g/mol. The van der Waals surface area contributed by atoms with E-state index in [2.05, 4.69) is 29.3 Å². The fourth-order valence-corrected chi connectivity index (χ4v) is 2.97. The largest absolute Gasteiger partial charge is 0.383 e. The van der Waals surface area contributed by atoms with Crippen LogP contribution in [-0.2, 0) is 11.3 Å². The Morgan fingerprint density at radius 2 is 2.25 bits per heavy atom. The monoisotopic (exact) mass is 296 g/mol. The first-order chi connectivity index (χ1) is 9.72.